The van der Waals surface area contributed by atoms with Crippen LogP contribution < -0.4 is 24.6 Å². The second kappa shape index (κ2) is 25.3. The third kappa shape index (κ3) is 14.8. The fraction of sp³-hybridized carbons (Fsp3) is 0.524. The predicted octanol–water partition coefficient (Wildman–Crippen LogP) is 8.17. The zero-order valence-corrected chi connectivity index (χ0v) is 41.8. The van der Waals surface area contributed by atoms with E-state index in [2.05, 4.69) is 46.0 Å². The fourth-order valence-corrected chi connectivity index (χ4v) is 8.94. The number of aromatic nitrogens is 4. The molecule has 1 N–H and O–H groups in total. The lowest BCUT2D eigenvalue weighted by molar-refractivity contribution is -0.146. The number of esters is 1. The molecule has 3 aliphatic heterocycles. The van der Waals surface area contributed by atoms with Gasteiger partial charge in [0.15, 0.2) is 11.4 Å². The summed E-state index contributed by atoms with van der Waals surface area (Å²) in [6.45, 7) is 9.36. The van der Waals surface area contributed by atoms with Gasteiger partial charge in [-0.3, -0.25) is 23.9 Å². The summed E-state index contributed by atoms with van der Waals surface area (Å²) < 4.78 is 101. The van der Waals surface area contributed by atoms with Crippen LogP contribution in [0.1, 0.15) is 29.7 Å². The Bertz CT molecular complexity index is 2310. The highest BCUT2D eigenvalue weighted by Gasteiger charge is 2.40. The van der Waals surface area contributed by atoms with E-state index in [1.54, 1.807) is 32.1 Å². The van der Waals surface area contributed by atoms with Crippen LogP contribution in [0, 0.1) is 0 Å². The molecule has 3 aliphatic rings. The molecular formula is C42H50BrCl4F6N9O6. The highest BCUT2D eigenvalue weighted by molar-refractivity contribution is 9.08. The number of halogens is 11. The van der Waals surface area contributed by atoms with Gasteiger partial charge in [-0.2, -0.15) is 36.5 Å². The van der Waals surface area contributed by atoms with Crippen LogP contribution in [0.2, 0.25) is 20.1 Å². The Kier molecular flexibility index (Phi) is 20.5. The molecule has 2 aromatic heterocycles. The summed E-state index contributed by atoms with van der Waals surface area (Å²) in [6, 6.07) is 11.4. The molecule has 5 heterocycles. The lowest BCUT2D eigenvalue weighted by atomic mass is 10.2. The highest BCUT2D eigenvalue weighted by atomic mass is 79.9. The normalized spacial score (nSPS) is 15.8. The van der Waals surface area contributed by atoms with Crippen LogP contribution in [0.15, 0.2) is 36.4 Å². The maximum absolute atomic E-state index is 13.5. The summed E-state index contributed by atoms with van der Waals surface area (Å²) in [5, 5.41) is 10.6. The zero-order chi connectivity index (χ0) is 49.8. The fourth-order valence-electron chi connectivity index (χ4n) is 7.21. The molecule has 3 fully saturated rings. The zero-order valence-electron chi connectivity index (χ0n) is 37.2. The summed E-state index contributed by atoms with van der Waals surface area (Å²) in [5.74, 6) is 0.321. The van der Waals surface area contributed by atoms with E-state index in [-0.39, 0.29) is 42.3 Å². The summed E-state index contributed by atoms with van der Waals surface area (Å²) in [7, 11) is 3.18. The molecule has 0 spiro atoms. The Hall–Kier alpha value is -3.90. The molecule has 4 aromatic rings. The largest absolute Gasteiger partial charge is 0.495 e. The molecule has 26 heteroatoms. The number of nitrogens with one attached hydrogen (secondary N) is 1. The van der Waals surface area contributed by atoms with E-state index >= 15 is 0 Å². The molecule has 0 radical (unpaired) electrons. The number of amides is 1. The van der Waals surface area contributed by atoms with Crippen LogP contribution in [0.25, 0.3) is 0 Å². The van der Waals surface area contributed by atoms with E-state index in [9.17, 15) is 35.9 Å². The molecular weight excluding hydrogens is 1060 g/mol. The van der Waals surface area contributed by atoms with Crippen molar-refractivity contribution in [1.82, 2.24) is 34.7 Å². The van der Waals surface area contributed by atoms with Crippen molar-refractivity contribution in [2.75, 3.05) is 109 Å². The number of carbonyl (C=O) groups is 2. The van der Waals surface area contributed by atoms with Gasteiger partial charge in [-0.15, -0.1) is 0 Å². The van der Waals surface area contributed by atoms with E-state index in [1.165, 1.54) is 5.69 Å². The van der Waals surface area contributed by atoms with E-state index in [0.717, 1.165) is 47.0 Å². The van der Waals surface area contributed by atoms with Crippen molar-refractivity contribution in [2.45, 2.75) is 44.2 Å². The molecule has 15 nitrogen and oxygen atoms in total. The molecule has 7 rings (SSSR count). The second-order valence-electron chi connectivity index (χ2n) is 15.1. The van der Waals surface area contributed by atoms with Crippen molar-refractivity contribution in [3.05, 3.63) is 79.3 Å². The Labute approximate surface area is 417 Å². The molecule has 0 saturated carbocycles. The quantitative estimate of drug-likeness (QED) is 0.0835. The number of morpholine rings is 1. The first-order valence-electron chi connectivity index (χ1n) is 21.1. The van der Waals surface area contributed by atoms with Crippen molar-refractivity contribution in [2.24, 2.45) is 0 Å². The minimum absolute atomic E-state index is 0.0499. The average molecular weight is 1110 g/mol. The van der Waals surface area contributed by atoms with E-state index in [4.69, 9.17) is 60.6 Å². The second-order valence-corrected chi connectivity index (χ2v) is 17.2. The van der Waals surface area contributed by atoms with Crippen molar-refractivity contribution in [3.8, 4) is 11.5 Å². The van der Waals surface area contributed by atoms with E-state index < -0.39 is 46.3 Å². The Morgan fingerprint density at radius 2 is 1.21 bits per heavy atom. The standard InChI is InChI=1S/C22H26Cl2F3N5O3.C11H15ClN2O.C9H9BrClF3N2O2/c1-34-18-12-15(2-3-16(18)23)30-4-6-31(7-5-30)19(33)14-32-17(13-29-8-10-35-11-9-29)20(24)21(28-32)22(25,26)27;1-15-11-8-9(2-3-10(11)12)14-6-4-13-5-7-14;1-2-18-6(17)4-16-5(3-10)7(11)8(15-16)9(12,13)14/h2-3,12H,4-11,13-14H2,1H3;2-3,8,13H,4-7H2,1H3;2-4H2,1H3. The van der Waals surface area contributed by atoms with E-state index in [0.29, 0.717) is 68.3 Å². The van der Waals surface area contributed by atoms with Crippen molar-refractivity contribution in [1.29, 1.82) is 0 Å². The molecule has 0 aliphatic carbocycles. The van der Waals surface area contributed by atoms with Crippen LogP contribution >= 0.6 is 62.3 Å². The number of piperazine rings is 2. The van der Waals surface area contributed by atoms with Gasteiger partial charge >= 0.3 is 18.3 Å². The van der Waals surface area contributed by atoms with Gasteiger partial charge in [0.1, 0.15) is 24.6 Å². The smallest absolute Gasteiger partial charge is 0.436 e. The predicted molar refractivity (Wildman–Crippen MR) is 250 cm³/mol. The molecule has 1 amide bonds. The van der Waals surface area contributed by atoms with Crippen LogP contribution in [0.3, 0.4) is 0 Å². The van der Waals surface area contributed by atoms with Gasteiger partial charge in [-0.05, 0) is 31.2 Å². The molecule has 2 aromatic carbocycles. The summed E-state index contributed by atoms with van der Waals surface area (Å²) in [6.07, 6.45) is -9.37. The highest BCUT2D eigenvalue weighted by Crippen LogP contribution is 2.38. The molecule has 68 heavy (non-hydrogen) atoms. The lowest BCUT2D eigenvalue weighted by Gasteiger charge is -2.36. The number of benzene rings is 2. The third-order valence-corrected chi connectivity index (χ3v) is 12.7. The number of nitrogens with zero attached hydrogens (tertiary/aromatic N) is 8. The van der Waals surface area contributed by atoms with Crippen LogP contribution in [-0.2, 0) is 56.4 Å². The number of hydrogen-bond donors (Lipinski definition) is 1. The van der Waals surface area contributed by atoms with Crippen LogP contribution in [0.5, 0.6) is 11.5 Å². The number of methoxy groups -OCH3 is 2. The monoisotopic (exact) mass is 1110 g/mol. The van der Waals surface area contributed by atoms with Gasteiger partial charge in [0.25, 0.3) is 0 Å². The van der Waals surface area contributed by atoms with Crippen LogP contribution in [-0.4, -0.2) is 141 Å². The summed E-state index contributed by atoms with van der Waals surface area (Å²) >= 11 is 26.8. The first-order chi connectivity index (χ1) is 32.3. The van der Waals surface area contributed by atoms with Crippen LogP contribution in [0.4, 0.5) is 37.7 Å². The number of ether oxygens (including phenoxy) is 4. The number of rotatable bonds is 12. The molecule has 376 valence electrons. The number of alkyl halides is 7. The summed E-state index contributed by atoms with van der Waals surface area (Å²) in [4.78, 5) is 32.2. The number of hydrogen-bond acceptors (Lipinski definition) is 12. The van der Waals surface area contributed by atoms with Crippen molar-refractivity contribution >= 4 is 85.6 Å². The average Bonchev–Trinajstić information content (AvgIpc) is 3.81. The number of carbonyl (C=O) groups excluding carboxylic acids is 2. The molecule has 0 unspecified atom stereocenters. The maximum atomic E-state index is 13.5. The van der Waals surface area contributed by atoms with Gasteiger partial charge in [-0.1, -0.05) is 62.3 Å². The number of anilines is 2. The first kappa shape index (κ1) is 55.0. The van der Waals surface area contributed by atoms with Gasteiger partial charge < -0.3 is 39.0 Å². The minimum atomic E-state index is -4.71. The van der Waals surface area contributed by atoms with Crippen molar-refractivity contribution < 1.29 is 54.9 Å². The topological polar surface area (TPSA) is 132 Å². The Morgan fingerprint density at radius 1 is 0.721 bits per heavy atom. The summed E-state index contributed by atoms with van der Waals surface area (Å²) in [5.41, 5.74) is -0.0181. The molecule has 0 bridgehead atoms. The Balaban J connectivity index is 0.000000218. The third-order valence-electron chi connectivity index (χ3n) is 10.7. The minimum Gasteiger partial charge on any atom is -0.495 e. The van der Waals surface area contributed by atoms with Crippen molar-refractivity contribution in [3.63, 3.8) is 0 Å². The van der Waals surface area contributed by atoms with Gasteiger partial charge in [0, 0.05) is 101 Å². The van der Waals surface area contributed by atoms with E-state index in [1.807, 2.05) is 35.2 Å². The lowest BCUT2D eigenvalue weighted by Crippen LogP contribution is -2.49. The molecule has 0 atom stereocenters. The maximum Gasteiger partial charge on any atom is 0.436 e. The first-order valence-corrected chi connectivity index (χ1v) is 23.7. The van der Waals surface area contributed by atoms with Gasteiger partial charge in [-0.25, -0.2) is 0 Å². The van der Waals surface area contributed by atoms with Gasteiger partial charge in [0.05, 0.1) is 65.5 Å². The molecule has 3 saturated heterocycles. The Morgan fingerprint density at radius 3 is 1.68 bits per heavy atom. The SMILES string of the molecule is CCOC(=O)Cn1nc(C(F)(F)F)c(Cl)c1CBr.COc1cc(N2CCN(C(=O)Cn3nc(C(F)(F)F)c(Cl)c3CN3CCOCC3)CC2)ccc1Cl.COc1cc(N2CCNCC2)ccc1Cl. The van der Waals surface area contributed by atoms with Gasteiger partial charge in [0.2, 0.25) is 5.91 Å².